The van der Waals surface area contributed by atoms with Gasteiger partial charge in [0.2, 0.25) is 0 Å². The Balaban J connectivity index is 2.26. The van der Waals surface area contributed by atoms with Gasteiger partial charge in [-0.25, -0.2) is 9.07 Å². The Labute approximate surface area is 164 Å². The number of nitrogens with zero attached hydrogens (tertiary/aromatic N) is 3. The van der Waals surface area contributed by atoms with Crippen molar-refractivity contribution in [3.05, 3.63) is 44.4 Å². The zero-order valence-electron chi connectivity index (χ0n) is 15.0. The third-order valence-corrected chi connectivity index (χ3v) is 6.28. The van der Waals surface area contributed by atoms with Crippen molar-refractivity contribution in [3.63, 3.8) is 0 Å². The van der Waals surface area contributed by atoms with Crippen LogP contribution in [0.3, 0.4) is 0 Å². The highest BCUT2D eigenvalue weighted by Crippen LogP contribution is 2.47. The molecule has 0 saturated carbocycles. The van der Waals surface area contributed by atoms with E-state index in [2.05, 4.69) is 10.3 Å². The van der Waals surface area contributed by atoms with Gasteiger partial charge in [0, 0.05) is 22.9 Å². The second kappa shape index (κ2) is 7.18. The summed E-state index contributed by atoms with van der Waals surface area (Å²) < 4.78 is 17.3. The zero-order valence-corrected chi connectivity index (χ0v) is 16.6. The summed E-state index contributed by atoms with van der Waals surface area (Å²) in [6.07, 6.45) is 0. The molecule has 0 fully saturated rings. The van der Waals surface area contributed by atoms with Gasteiger partial charge in [0.05, 0.1) is 21.9 Å². The van der Waals surface area contributed by atoms with Gasteiger partial charge in [-0.2, -0.15) is 0 Å². The van der Waals surface area contributed by atoms with Gasteiger partial charge in [0.15, 0.2) is 5.82 Å². The number of fused-ring (bicyclic) bond motifs is 1. The number of carboxylic acid groups (broad SMARTS) is 1. The van der Waals surface area contributed by atoms with E-state index >= 15 is 4.39 Å². The Morgan fingerprint density at radius 3 is 2.70 bits per heavy atom. The Morgan fingerprint density at radius 1 is 1.44 bits per heavy atom. The molecule has 0 saturated heterocycles. The van der Waals surface area contributed by atoms with Gasteiger partial charge >= 0.3 is 5.97 Å². The number of carboxylic acids is 1. The van der Waals surface area contributed by atoms with Crippen LogP contribution in [0, 0.1) is 11.2 Å². The minimum absolute atomic E-state index is 0.102. The van der Waals surface area contributed by atoms with Crippen molar-refractivity contribution in [2.45, 2.75) is 39.8 Å². The van der Waals surface area contributed by atoms with E-state index in [9.17, 15) is 15.0 Å². The third-order valence-electron chi connectivity index (χ3n) is 4.77. The normalized spacial score (nSPS) is 13.3. The number of halogens is 2. The molecule has 6 nitrogen and oxygen atoms in total. The molecule has 1 atom stereocenters. The molecule has 27 heavy (non-hydrogen) atoms. The third kappa shape index (κ3) is 3.22. The average Bonchev–Trinajstić information content (AvgIpc) is 3.20. The van der Waals surface area contributed by atoms with Crippen molar-refractivity contribution >= 4 is 39.9 Å². The topological polar surface area (TPSA) is 88.2 Å². The number of rotatable bonds is 6. The van der Waals surface area contributed by atoms with Gasteiger partial charge in [0.1, 0.15) is 5.52 Å². The molecule has 3 aromatic rings. The molecule has 0 bridgehead atoms. The van der Waals surface area contributed by atoms with Gasteiger partial charge in [-0.15, -0.1) is 16.4 Å². The molecule has 0 aliphatic rings. The SMILES string of the molecule is CCn1nnc2c(F)c([C@H](c3cc(CO)c(Cl)s3)C(C)(C)C(=O)O)ccc21. The van der Waals surface area contributed by atoms with Crippen LogP contribution in [0.2, 0.25) is 4.34 Å². The largest absolute Gasteiger partial charge is 0.481 e. The minimum Gasteiger partial charge on any atom is -0.481 e. The van der Waals surface area contributed by atoms with E-state index in [1.807, 2.05) is 6.92 Å². The number of hydrogen-bond donors (Lipinski definition) is 2. The number of aliphatic hydroxyl groups excluding tert-OH is 1. The fourth-order valence-corrected chi connectivity index (χ4v) is 4.76. The Bertz CT molecular complexity index is 1010. The standard InChI is InChI=1S/C18H19ClFN3O3S/c1-4-23-11-6-5-10(14(20)15(11)21-22-23)13(18(2,3)17(25)26)12-7-9(8-24)16(19)27-12/h5-7,13,24H,4,8H2,1-3H3,(H,25,26)/t13-/m1/s1. The summed E-state index contributed by atoms with van der Waals surface area (Å²) in [6.45, 7) is 5.22. The lowest BCUT2D eigenvalue weighted by atomic mass is 9.73. The second-order valence-electron chi connectivity index (χ2n) is 6.81. The minimum atomic E-state index is -1.32. The summed E-state index contributed by atoms with van der Waals surface area (Å²) in [5, 5.41) is 27.1. The maximum absolute atomic E-state index is 15.4. The molecule has 0 radical (unpaired) electrons. The summed E-state index contributed by atoms with van der Waals surface area (Å²) in [6, 6.07) is 4.91. The van der Waals surface area contributed by atoms with Crippen molar-refractivity contribution in [2.24, 2.45) is 5.41 Å². The maximum Gasteiger partial charge on any atom is 0.310 e. The molecule has 144 valence electrons. The smallest absolute Gasteiger partial charge is 0.310 e. The Morgan fingerprint density at radius 2 is 2.15 bits per heavy atom. The van der Waals surface area contributed by atoms with Crippen molar-refractivity contribution in [3.8, 4) is 0 Å². The lowest BCUT2D eigenvalue weighted by Gasteiger charge is -2.30. The van der Waals surface area contributed by atoms with Crippen LogP contribution in [0.1, 0.15) is 42.7 Å². The molecule has 0 spiro atoms. The first-order valence-electron chi connectivity index (χ1n) is 8.36. The summed E-state index contributed by atoms with van der Waals surface area (Å²) in [7, 11) is 0. The number of benzene rings is 1. The predicted molar refractivity (Wildman–Crippen MR) is 102 cm³/mol. The van der Waals surface area contributed by atoms with E-state index in [1.54, 1.807) is 36.7 Å². The number of thiophene rings is 1. The Kier molecular flexibility index (Phi) is 5.24. The second-order valence-corrected chi connectivity index (χ2v) is 8.49. The molecule has 0 amide bonds. The number of aryl methyl sites for hydroxylation is 1. The van der Waals surface area contributed by atoms with Crippen molar-refractivity contribution in [2.75, 3.05) is 0 Å². The van der Waals surface area contributed by atoms with E-state index < -0.39 is 23.1 Å². The van der Waals surface area contributed by atoms with E-state index in [0.29, 0.717) is 26.8 Å². The summed E-state index contributed by atoms with van der Waals surface area (Å²) >= 11 is 7.30. The summed E-state index contributed by atoms with van der Waals surface area (Å²) in [5.41, 5.74) is 0.0223. The van der Waals surface area contributed by atoms with Crippen molar-refractivity contribution < 1.29 is 19.4 Å². The highest BCUT2D eigenvalue weighted by atomic mass is 35.5. The molecule has 0 aliphatic carbocycles. The average molecular weight is 412 g/mol. The lowest BCUT2D eigenvalue weighted by Crippen LogP contribution is -2.32. The van der Waals surface area contributed by atoms with Crippen LogP contribution in [0.25, 0.3) is 11.0 Å². The molecule has 0 unspecified atom stereocenters. The number of aliphatic hydroxyl groups is 1. The van der Waals surface area contributed by atoms with Crippen molar-refractivity contribution in [1.82, 2.24) is 15.0 Å². The molecule has 0 aliphatic heterocycles. The summed E-state index contributed by atoms with van der Waals surface area (Å²) in [5.74, 6) is -2.48. The molecule has 2 heterocycles. The number of hydrogen-bond acceptors (Lipinski definition) is 5. The van der Waals surface area contributed by atoms with Crippen LogP contribution in [-0.4, -0.2) is 31.2 Å². The quantitative estimate of drug-likeness (QED) is 0.639. The van der Waals surface area contributed by atoms with Crippen LogP contribution in [0.4, 0.5) is 4.39 Å². The lowest BCUT2D eigenvalue weighted by molar-refractivity contribution is -0.147. The molecule has 9 heteroatoms. The van der Waals surface area contributed by atoms with Crippen LogP contribution in [0.5, 0.6) is 0 Å². The van der Waals surface area contributed by atoms with E-state index in [4.69, 9.17) is 11.6 Å². The van der Waals surface area contributed by atoms with Crippen molar-refractivity contribution in [1.29, 1.82) is 0 Å². The van der Waals surface area contributed by atoms with Gasteiger partial charge in [-0.3, -0.25) is 4.79 Å². The van der Waals surface area contributed by atoms with Crippen LogP contribution in [0.15, 0.2) is 18.2 Å². The fraction of sp³-hybridized carbons (Fsp3) is 0.389. The Hall–Kier alpha value is -2.03. The van der Waals surface area contributed by atoms with Gasteiger partial charge < -0.3 is 10.2 Å². The molecule has 2 N–H and O–H groups in total. The zero-order chi connectivity index (χ0) is 19.9. The molecule has 2 aromatic heterocycles. The predicted octanol–water partition coefficient (Wildman–Crippen LogP) is 4.04. The summed E-state index contributed by atoms with van der Waals surface area (Å²) in [4.78, 5) is 12.5. The number of carbonyl (C=O) groups is 1. The molecule has 1 aromatic carbocycles. The van der Waals surface area contributed by atoms with Crippen LogP contribution < -0.4 is 0 Å². The molecular formula is C18H19ClFN3O3S. The molecule has 3 rings (SSSR count). The fourth-order valence-electron chi connectivity index (χ4n) is 3.17. The van der Waals surface area contributed by atoms with E-state index in [-0.39, 0.29) is 17.7 Å². The number of aromatic nitrogens is 3. The first-order valence-corrected chi connectivity index (χ1v) is 9.55. The van der Waals surface area contributed by atoms with E-state index in [0.717, 1.165) is 11.3 Å². The van der Waals surface area contributed by atoms with Gasteiger partial charge in [0.25, 0.3) is 0 Å². The van der Waals surface area contributed by atoms with Crippen LogP contribution in [-0.2, 0) is 17.9 Å². The first-order chi connectivity index (χ1) is 12.7. The highest BCUT2D eigenvalue weighted by molar-refractivity contribution is 7.16. The number of aliphatic carboxylic acids is 1. The first kappa shape index (κ1) is 19.7. The van der Waals surface area contributed by atoms with Gasteiger partial charge in [-0.1, -0.05) is 22.9 Å². The molecular weight excluding hydrogens is 393 g/mol. The van der Waals surface area contributed by atoms with Gasteiger partial charge in [-0.05, 0) is 38.5 Å². The highest BCUT2D eigenvalue weighted by Gasteiger charge is 2.42. The monoisotopic (exact) mass is 411 g/mol. The van der Waals surface area contributed by atoms with E-state index in [1.165, 1.54) is 0 Å². The maximum atomic E-state index is 15.4. The van der Waals surface area contributed by atoms with Crippen LogP contribution >= 0.6 is 22.9 Å².